The number of hydrogen-bond donors (Lipinski definition) is 1. The molecule has 0 unspecified atom stereocenters. The predicted octanol–water partition coefficient (Wildman–Crippen LogP) is 2.73. The molecule has 1 aromatic carbocycles. The second-order valence-corrected chi connectivity index (χ2v) is 5.76. The number of aromatic nitrogens is 2. The van der Waals surface area contributed by atoms with Crippen LogP contribution in [0.25, 0.3) is 0 Å². The van der Waals surface area contributed by atoms with Crippen molar-refractivity contribution >= 4 is 17.6 Å². The summed E-state index contributed by atoms with van der Waals surface area (Å²) < 4.78 is 4.93. The van der Waals surface area contributed by atoms with E-state index in [2.05, 4.69) is 44.5 Å². The highest BCUT2D eigenvalue weighted by Gasteiger charge is 2.20. The Morgan fingerprint density at radius 3 is 2.50 bits per heavy atom. The molecule has 126 valence electrons. The van der Waals surface area contributed by atoms with Gasteiger partial charge < -0.3 is 15.0 Å². The summed E-state index contributed by atoms with van der Waals surface area (Å²) in [6.45, 7) is 4.13. The lowest BCUT2D eigenvalue weighted by molar-refractivity contribution is 0.0525. The molecule has 6 heteroatoms. The van der Waals surface area contributed by atoms with Crippen LogP contribution in [0.5, 0.6) is 0 Å². The van der Waals surface area contributed by atoms with E-state index in [0.717, 1.165) is 25.9 Å². The zero-order valence-electron chi connectivity index (χ0n) is 13.8. The third-order valence-electron chi connectivity index (χ3n) is 4.11. The minimum atomic E-state index is -0.389. The Kier molecular flexibility index (Phi) is 5.25. The lowest BCUT2D eigenvalue weighted by Crippen LogP contribution is -2.39. The van der Waals surface area contributed by atoms with Gasteiger partial charge in [-0.3, -0.25) is 0 Å². The second kappa shape index (κ2) is 7.77. The van der Waals surface area contributed by atoms with Gasteiger partial charge in [0, 0.05) is 37.2 Å². The van der Waals surface area contributed by atoms with Crippen molar-refractivity contribution in [1.82, 2.24) is 9.97 Å². The number of anilines is 2. The van der Waals surface area contributed by atoms with Gasteiger partial charge in [-0.1, -0.05) is 18.2 Å². The van der Waals surface area contributed by atoms with E-state index in [1.54, 1.807) is 6.92 Å². The van der Waals surface area contributed by atoms with Crippen LogP contribution in [-0.2, 0) is 4.74 Å². The molecular formula is C18H22N4O2. The molecule has 24 heavy (non-hydrogen) atoms. The summed E-state index contributed by atoms with van der Waals surface area (Å²) in [5, 5.41) is 3.35. The number of ether oxygens (including phenoxy) is 1. The van der Waals surface area contributed by atoms with E-state index >= 15 is 0 Å². The fraction of sp³-hybridized carbons (Fsp3) is 0.389. The number of benzene rings is 1. The minimum absolute atomic E-state index is 0.346. The van der Waals surface area contributed by atoms with Crippen LogP contribution in [0.1, 0.15) is 30.1 Å². The maximum atomic E-state index is 11.6. The van der Waals surface area contributed by atoms with Crippen LogP contribution in [0.15, 0.2) is 42.7 Å². The van der Waals surface area contributed by atoms with Gasteiger partial charge in [0.2, 0.25) is 5.95 Å². The Labute approximate surface area is 141 Å². The van der Waals surface area contributed by atoms with E-state index in [0.29, 0.717) is 24.2 Å². The van der Waals surface area contributed by atoms with Crippen molar-refractivity contribution in [3.63, 3.8) is 0 Å². The SMILES string of the molecule is CCOC(=O)c1cnc(NC2CCN(c3ccccc3)CC2)nc1. The van der Waals surface area contributed by atoms with Crippen LogP contribution in [-0.4, -0.2) is 41.7 Å². The van der Waals surface area contributed by atoms with Crippen molar-refractivity contribution < 1.29 is 9.53 Å². The predicted molar refractivity (Wildman–Crippen MR) is 93.3 cm³/mol. The van der Waals surface area contributed by atoms with Gasteiger partial charge in [0.25, 0.3) is 0 Å². The Balaban J connectivity index is 1.52. The number of hydrogen-bond acceptors (Lipinski definition) is 6. The molecule has 0 atom stereocenters. The van der Waals surface area contributed by atoms with Gasteiger partial charge in [-0.25, -0.2) is 14.8 Å². The second-order valence-electron chi connectivity index (χ2n) is 5.76. The van der Waals surface area contributed by atoms with Gasteiger partial charge >= 0.3 is 5.97 Å². The molecule has 1 saturated heterocycles. The first-order valence-corrected chi connectivity index (χ1v) is 8.32. The summed E-state index contributed by atoms with van der Waals surface area (Å²) in [6, 6.07) is 10.8. The normalized spacial score (nSPS) is 15.1. The molecule has 1 aliphatic heterocycles. The lowest BCUT2D eigenvalue weighted by Gasteiger charge is -2.33. The van der Waals surface area contributed by atoms with Gasteiger partial charge in [0.1, 0.15) is 0 Å². The number of carbonyl (C=O) groups excluding carboxylic acids is 1. The molecule has 0 amide bonds. The summed E-state index contributed by atoms with van der Waals surface area (Å²) in [5.74, 6) is 0.168. The monoisotopic (exact) mass is 326 g/mol. The van der Waals surface area contributed by atoms with Crippen LogP contribution in [0.3, 0.4) is 0 Å². The highest BCUT2D eigenvalue weighted by Crippen LogP contribution is 2.20. The van der Waals surface area contributed by atoms with E-state index in [-0.39, 0.29) is 5.97 Å². The summed E-state index contributed by atoms with van der Waals surface area (Å²) in [5.41, 5.74) is 1.65. The summed E-state index contributed by atoms with van der Waals surface area (Å²) >= 11 is 0. The number of nitrogens with one attached hydrogen (secondary N) is 1. The van der Waals surface area contributed by atoms with Crippen LogP contribution < -0.4 is 10.2 Å². The van der Waals surface area contributed by atoms with Crippen LogP contribution >= 0.6 is 0 Å². The molecule has 2 aromatic rings. The highest BCUT2D eigenvalue weighted by molar-refractivity contribution is 5.88. The maximum Gasteiger partial charge on any atom is 0.341 e. The van der Waals surface area contributed by atoms with Crippen molar-refractivity contribution in [3.8, 4) is 0 Å². The molecule has 0 spiro atoms. The Bertz CT molecular complexity index is 652. The molecule has 2 heterocycles. The molecule has 0 radical (unpaired) electrons. The molecule has 1 fully saturated rings. The van der Waals surface area contributed by atoms with Crippen LogP contribution in [0.2, 0.25) is 0 Å². The number of carbonyl (C=O) groups is 1. The fourth-order valence-electron chi connectivity index (χ4n) is 2.83. The van der Waals surface area contributed by atoms with E-state index in [1.165, 1.54) is 18.1 Å². The third-order valence-corrected chi connectivity index (χ3v) is 4.11. The first-order chi connectivity index (χ1) is 11.8. The maximum absolute atomic E-state index is 11.6. The third kappa shape index (κ3) is 4.01. The molecule has 0 saturated carbocycles. The topological polar surface area (TPSA) is 67.3 Å². The zero-order valence-corrected chi connectivity index (χ0v) is 13.8. The average Bonchev–Trinajstić information content (AvgIpc) is 2.64. The Morgan fingerprint density at radius 2 is 1.88 bits per heavy atom. The quantitative estimate of drug-likeness (QED) is 0.852. The van der Waals surface area contributed by atoms with E-state index in [4.69, 9.17) is 4.74 Å². The van der Waals surface area contributed by atoms with E-state index in [1.807, 2.05) is 6.07 Å². The van der Waals surface area contributed by atoms with E-state index < -0.39 is 0 Å². The van der Waals surface area contributed by atoms with Crippen molar-refractivity contribution in [1.29, 1.82) is 0 Å². The molecule has 1 aliphatic rings. The highest BCUT2D eigenvalue weighted by atomic mass is 16.5. The molecule has 1 N–H and O–H groups in total. The van der Waals surface area contributed by atoms with Gasteiger partial charge in [-0.15, -0.1) is 0 Å². The van der Waals surface area contributed by atoms with Gasteiger partial charge in [0.15, 0.2) is 0 Å². The van der Waals surface area contributed by atoms with E-state index in [9.17, 15) is 4.79 Å². The van der Waals surface area contributed by atoms with Crippen LogP contribution in [0.4, 0.5) is 11.6 Å². The molecule has 0 aliphatic carbocycles. The molecule has 0 bridgehead atoms. The fourth-order valence-corrected chi connectivity index (χ4v) is 2.83. The Morgan fingerprint density at radius 1 is 1.21 bits per heavy atom. The van der Waals surface area contributed by atoms with Crippen LogP contribution in [0, 0.1) is 0 Å². The van der Waals surface area contributed by atoms with Crippen molar-refractivity contribution in [3.05, 3.63) is 48.3 Å². The van der Waals surface area contributed by atoms with Crippen molar-refractivity contribution in [2.75, 3.05) is 29.9 Å². The van der Waals surface area contributed by atoms with Gasteiger partial charge in [-0.2, -0.15) is 0 Å². The van der Waals surface area contributed by atoms with Crippen molar-refractivity contribution in [2.45, 2.75) is 25.8 Å². The van der Waals surface area contributed by atoms with Gasteiger partial charge in [0.05, 0.1) is 12.2 Å². The number of para-hydroxylation sites is 1. The largest absolute Gasteiger partial charge is 0.462 e. The Hall–Kier alpha value is -2.63. The summed E-state index contributed by atoms with van der Waals surface area (Å²) in [4.78, 5) is 22.4. The number of piperidine rings is 1. The smallest absolute Gasteiger partial charge is 0.341 e. The summed E-state index contributed by atoms with van der Waals surface area (Å²) in [7, 11) is 0. The van der Waals surface area contributed by atoms with Crippen molar-refractivity contribution in [2.24, 2.45) is 0 Å². The number of rotatable bonds is 5. The molecule has 3 rings (SSSR count). The molecule has 1 aromatic heterocycles. The first-order valence-electron chi connectivity index (χ1n) is 8.32. The first kappa shape index (κ1) is 16.2. The zero-order chi connectivity index (χ0) is 16.8. The number of esters is 1. The lowest BCUT2D eigenvalue weighted by atomic mass is 10.0. The molecule has 6 nitrogen and oxygen atoms in total. The standard InChI is InChI=1S/C18H22N4O2/c1-2-24-17(23)14-12-19-18(20-13-14)21-15-8-10-22(11-9-15)16-6-4-3-5-7-16/h3-7,12-13,15H,2,8-11H2,1H3,(H,19,20,21). The molecular weight excluding hydrogens is 304 g/mol. The van der Waals surface area contributed by atoms with Gasteiger partial charge in [-0.05, 0) is 31.9 Å². The average molecular weight is 326 g/mol. The number of nitrogens with zero attached hydrogens (tertiary/aromatic N) is 3. The minimum Gasteiger partial charge on any atom is -0.462 e. The summed E-state index contributed by atoms with van der Waals surface area (Å²) in [6.07, 6.45) is 5.06.